The molecule has 4 heteroatoms. The Labute approximate surface area is 195 Å². The molecule has 0 heterocycles. The quantitative estimate of drug-likeness (QED) is 0.356. The van der Waals surface area contributed by atoms with Crippen molar-refractivity contribution in [2.24, 2.45) is 0 Å². The third-order valence-corrected chi connectivity index (χ3v) is 5.33. The number of hydrogen-bond acceptors (Lipinski definition) is 4. The number of aromatic hydroxyl groups is 1. The maximum absolute atomic E-state index is 11.1. The lowest BCUT2D eigenvalue weighted by atomic mass is 10.00. The minimum absolute atomic E-state index is 0.0738. The zero-order valence-corrected chi connectivity index (χ0v) is 19.1. The van der Waals surface area contributed by atoms with E-state index in [9.17, 15) is 9.90 Å². The van der Waals surface area contributed by atoms with Crippen LogP contribution >= 0.6 is 0 Å². The highest BCUT2D eigenvalue weighted by atomic mass is 16.6. The summed E-state index contributed by atoms with van der Waals surface area (Å²) in [7, 11) is 1.35. The minimum atomic E-state index is -0.385. The summed E-state index contributed by atoms with van der Waals surface area (Å²) in [5.74, 6) is 0.669. The Morgan fingerprint density at radius 2 is 1.21 bits per heavy atom. The van der Waals surface area contributed by atoms with Gasteiger partial charge in [-0.3, -0.25) is 0 Å². The van der Waals surface area contributed by atoms with Crippen LogP contribution in [0, 0.1) is 13.8 Å². The van der Waals surface area contributed by atoms with Gasteiger partial charge in [0.2, 0.25) is 0 Å². The van der Waals surface area contributed by atoms with E-state index in [4.69, 9.17) is 4.74 Å². The molecule has 4 aromatic rings. The normalized spacial score (nSPS) is 10.0. The standard InChI is InChI=1S/C16H16O3.C13H12O/c1-12-14(13-7-4-3-5-8-13)9-6-10-15(12)19-11-16(17)18-2;1-10-12(8-5-9-13(10)14)11-6-3-2-4-7-11/h3-10H,11H2,1-2H3;2-9,14H,1H3. The summed E-state index contributed by atoms with van der Waals surface area (Å²) >= 11 is 0. The lowest BCUT2D eigenvalue weighted by molar-refractivity contribution is -0.142. The van der Waals surface area contributed by atoms with Gasteiger partial charge in [0, 0.05) is 0 Å². The molecule has 0 aromatic heterocycles. The van der Waals surface area contributed by atoms with Gasteiger partial charge in [-0.2, -0.15) is 0 Å². The molecule has 4 rings (SSSR count). The molecule has 0 bridgehead atoms. The lowest BCUT2D eigenvalue weighted by Crippen LogP contribution is -2.13. The maximum atomic E-state index is 11.1. The van der Waals surface area contributed by atoms with Crippen LogP contribution in [-0.2, 0) is 9.53 Å². The van der Waals surface area contributed by atoms with Crippen molar-refractivity contribution in [1.29, 1.82) is 0 Å². The van der Waals surface area contributed by atoms with Crippen LogP contribution < -0.4 is 4.74 Å². The fourth-order valence-electron chi connectivity index (χ4n) is 3.45. The van der Waals surface area contributed by atoms with Crippen LogP contribution in [0.5, 0.6) is 11.5 Å². The minimum Gasteiger partial charge on any atom is -0.508 e. The third kappa shape index (κ3) is 6.23. The summed E-state index contributed by atoms with van der Waals surface area (Å²) in [6, 6.07) is 31.5. The SMILES string of the molecule is COC(=O)COc1cccc(-c2ccccc2)c1C.Cc1c(O)cccc1-c1ccccc1. The average Bonchev–Trinajstić information content (AvgIpc) is 2.86. The molecule has 0 unspecified atom stereocenters. The molecule has 0 aliphatic heterocycles. The number of hydrogen-bond donors (Lipinski definition) is 1. The monoisotopic (exact) mass is 440 g/mol. The molecule has 0 aliphatic carbocycles. The predicted octanol–water partition coefficient (Wildman–Crippen LogP) is 6.58. The van der Waals surface area contributed by atoms with E-state index < -0.39 is 0 Å². The van der Waals surface area contributed by atoms with Crippen molar-refractivity contribution in [1.82, 2.24) is 0 Å². The predicted molar refractivity (Wildman–Crippen MR) is 132 cm³/mol. The van der Waals surface area contributed by atoms with Crippen molar-refractivity contribution in [3.05, 3.63) is 108 Å². The summed E-state index contributed by atoms with van der Waals surface area (Å²) in [6.07, 6.45) is 0. The van der Waals surface area contributed by atoms with Crippen LogP contribution in [0.2, 0.25) is 0 Å². The van der Waals surface area contributed by atoms with Gasteiger partial charge in [-0.1, -0.05) is 84.9 Å². The Hall–Kier alpha value is -4.05. The lowest BCUT2D eigenvalue weighted by Gasteiger charge is -2.12. The number of methoxy groups -OCH3 is 1. The van der Waals surface area contributed by atoms with Crippen LogP contribution in [0.15, 0.2) is 97.1 Å². The second-order valence-corrected chi connectivity index (χ2v) is 7.48. The van der Waals surface area contributed by atoms with E-state index in [0.717, 1.165) is 33.4 Å². The molecule has 0 spiro atoms. The first-order chi connectivity index (χ1) is 16.0. The molecule has 0 saturated carbocycles. The van der Waals surface area contributed by atoms with Gasteiger partial charge in [0.1, 0.15) is 11.5 Å². The van der Waals surface area contributed by atoms with Crippen molar-refractivity contribution >= 4 is 5.97 Å². The molecular weight excluding hydrogens is 412 g/mol. The molecule has 0 radical (unpaired) electrons. The number of ether oxygens (including phenoxy) is 2. The largest absolute Gasteiger partial charge is 0.508 e. The zero-order valence-electron chi connectivity index (χ0n) is 19.1. The Kier molecular flexibility index (Phi) is 8.25. The van der Waals surface area contributed by atoms with Crippen LogP contribution in [-0.4, -0.2) is 24.8 Å². The highest BCUT2D eigenvalue weighted by molar-refractivity contribution is 5.72. The number of rotatable bonds is 5. The molecule has 4 aromatic carbocycles. The summed E-state index contributed by atoms with van der Waals surface area (Å²) in [6.45, 7) is 3.84. The van der Waals surface area contributed by atoms with E-state index in [2.05, 4.69) is 4.74 Å². The Bertz CT molecular complexity index is 1180. The first-order valence-corrected chi connectivity index (χ1v) is 10.7. The highest BCUT2D eigenvalue weighted by Gasteiger charge is 2.09. The zero-order chi connectivity index (χ0) is 23.6. The van der Waals surface area contributed by atoms with Crippen molar-refractivity contribution < 1.29 is 19.4 Å². The number of phenols is 1. The fourth-order valence-corrected chi connectivity index (χ4v) is 3.45. The smallest absolute Gasteiger partial charge is 0.343 e. The Morgan fingerprint density at radius 3 is 1.76 bits per heavy atom. The second kappa shape index (κ2) is 11.5. The van der Waals surface area contributed by atoms with E-state index in [0.29, 0.717) is 11.5 Å². The fraction of sp³-hybridized carbons (Fsp3) is 0.138. The molecule has 0 fully saturated rings. The van der Waals surface area contributed by atoms with Crippen LogP contribution in [0.3, 0.4) is 0 Å². The van der Waals surface area contributed by atoms with Crippen molar-refractivity contribution in [2.75, 3.05) is 13.7 Å². The van der Waals surface area contributed by atoms with E-state index in [1.807, 2.05) is 105 Å². The number of esters is 1. The van der Waals surface area contributed by atoms with Gasteiger partial charge in [-0.05, 0) is 59.4 Å². The van der Waals surface area contributed by atoms with Crippen LogP contribution in [0.4, 0.5) is 0 Å². The van der Waals surface area contributed by atoms with Crippen LogP contribution in [0.25, 0.3) is 22.3 Å². The molecule has 0 atom stereocenters. The molecule has 33 heavy (non-hydrogen) atoms. The van der Waals surface area contributed by atoms with Crippen molar-refractivity contribution in [3.8, 4) is 33.8 Å². The van der Waals surface area contributed by atoms with E-state index in [1.165, 1.54) is 7.11 Å². The molecule has 1 N–H and O–H groups in total. The van der Waals surface area contributed by atoms with Gasteiger partial charge >= 0.3 is 5.97 Å². The number of carbonyl (C=O) groups is 1. The molecule has 168 valence electrons. The second-order valence-electron chi connectivity index (χ2n) is 7.48. The Morgan fingerprint density at radius 1 is 0.697 bits per heavy atom. The summed E-state index contributed by atoms with van der Waals surface area (Å²) < 4.78 is 10.0. The highest BCUT2D eigenvalue weighted by Crippen LogP contribution is 2.30. The number of phenolic OH excluding ortho intramolecular Hbond substituents is 1. The van der Waals surface area contributed by atoms with Gasteiger partial charge < -0.3 is 14.6 Å². The summed E-state index contributed by atoms with van der Waals surface area (Å²) in [5, 5.41) is 9.56. The molecule has 0 amide bonds. The van der Waals surface area contributed by atoms with Crippen LogP contribution in [0.1, 0.15) is 11.1 Å². The van der Waals surface area contributed by atoms with Gasteiger partial charge in [0.25, 0.3) is 0 Å². The molecule has 0 saturated heterocycles. The first-order valence-electron chi connectivity index (χ1n) is 10.7. The van der Waals surface area contributed by atoms with E-state index in [1.54, 1.807) is 6.07 Å². The van der Waals surface area contributed by atoms with E-state index >= 15 is 0 Å². The molecule has 4 nitrogen and oxygen atoms in total. The van der Waals surface area contributed by atoms with Crippen molar-refractivity contribution in [3.63, 3.8) is 0 Å². The number of benzene rings is 4. The molecular formula is C29H28O4. The summed E-state index contributed by atoms with van der Waals surface area (Å²) in [4.78, 5) is 11.1. The Balaban J connectivity index is 0.000000194. The van der Waals surface area contributed by atoms with Gasteiger partial charge in [-0.25, -0.2) is 4.79 Å². The van der Waals surface area contributed by atoms with Gasteiger partial charge in [0.05, 0.1) is 7.11 Å². The molecule has 0 aliphatic rings. The van der Waals surface area contributed by atoms with Gasteiger partial charge in [-0.15, -0.1) is 0 Å². The first kappa shape index (κ1) is 23.6. The number of carbonyl (C=O) groups excluding carboxylic acids is 1. The maximum Gasteiger partial charge on any atom is 0.343 e. The van der Waals surface area contributed by atoms with Gasteiger partial charge in [0.15, 0.2) is 6.61 Å². The third-order valence-electron chi connectivity index (χ3n) is 5.33. The van der Waals surface area contributed by atoms with Crippen molar-refractivity contribution in [2.45, 2.75) is 13.8 Å². The van der Waals surface area contributed by atoms with E-state index in [-0.39, 0.29) is 12.6 Å². The average molecular weight is 441 g/mol. The summed E-state index contributed by atoms with van der Waals surface area (Å²) in [5.41, 5.74) is 6.40. The topological polar surface area (TPSA) is 55.8 Å².